The molecule has 1 saturated carbocycles. The molecule has 1 aliphatic carbocycles. The predicted molar refractivity (Wildman–Crippen MR) is 54.0 cm³/mol. The highest BCUT2D eigenvalue weighted by molar-refractivity contribution is 4.90. The number of rotatable bonds is 3. The Balaban J connectivity index is 1.90. The number of nitrogens with two attached hydrogens (primary N) is 1. The van der Waals surface area contributed by atoms with E-state index >= 15 is 0 Å². The molecule has 82 valence electrons. The Morgan fingerprint density at radius 3 is 3.14 bits per heavy atom. The van der Waals surface area contributed by atoms with Gasteiger partial charge in [-0.3, -0.25) is 4.90 Å². The van der Waals surface area contributed by atoms with Gasteiger partial charge in [0.25, 0.3) is 0 Å². The van der Waals surface area contributed by atoms with E-state index in [4.69, 9.17) is 10.5 Å². The molecule has 3 N–H and O–H groups in total. The molecule has 0 amide bonds. The van der Waals surface area contributed by atoms with E-state index in [1.165, 1.54) is 19.3 Å². The number of fused-ring (bicyclic) bond motifs is 1. The third-order valence-electron chi connectivity index (χ3n) is 3.31. The first-order valence-electron chi connectivity index (χ1n) is 5.55. The van der Waals surface area contributed by atoms with Crippen molar-refractivity contribution in [2.75, 3.05) is 26.2 Å². The van der Waals surface area contributed by atoms with Gasteiger partial charge in [-0.25, -0.2) is 0 Å². The molecule has 0 aromatic carbocycles. The number of morpholine rings is 1. The highest BCUT2D eigenvalue weighted by atomic mass is 16.5. The van der Waals surface area contributed by atoms with Crippen molar-refractivity contribution in [3.8, 4) is 0 Å². The summed E-state index contributed by atoms with van der Waals surface area (Å²) in [5.41, 5.74) is 5.42. The lowest BCUT2D eigenvalue weighted by Gasteiger charge is -2.38. The highest BCUT2D eigenvalue weighted by Gasteiger charge is 2.36. The molecule has 0 spiro atoms. The van der Waals surface area contributed by atoms with Gasteiger partial charge in [-0.05, 0) is 19.3 Å². The van der Waals surface area contributed by atoms with Crippen LogP contribution in [0.1, 0.15) is 19.3 Å². The van der Waals surface area contributed by atoms with Gasteiger partial charge in [0.05, 0.1) is 18.8 Å². The van der Waals surface area contributed by atoms with Crippen LogP contribution >= 0.6 is 0 Å². The van der Waals surface area contributed by atoms with Gasteiger partial charge in [0.15, 0.2) is 0 Å². The molecule has 2 fully saturated rings. The van der Waals surface area contributed by atoms with Crippen LogP contribution < -0.4 is 5.73 Å². The van der Waals surface area contributed by atoms with E-state index in [-0.39, 0.29) is 6.10 Å². The van der Waals surface area contributed by atoms with Crippen molar-refractivity contribution >= 4 is 0 Å². The molecule has 4 nitrogen and oxygen atoms in total. The number of β-amino-alcohol motifs (C(OH)–C–C–N with tert-alkyl or cyclic N) is 1. The quantitative estimate of drug-likeness (QED) is 0.648. The molecule has 0 bridgehead atoms. The topological polar surface area (TPSA) is 58.7 Å². The van der Waals surface area contributed by atoms with E-state index in [0.717, 1.165) is 13.2 Å². The van der Waals surface area contributed by atoms with Crippen molar-refractivity contribution in [2.24, 2.45) is 5.73 Å². The summed E-state index contributed by atoms with van der Waals surface area (Å²) in [7, 11) is 0. The molecule has 1 heterocycles. The maximum atomic E-state index is 9.52. The van der Waals surface area contributed by atoms with Crippen LogP contribution in [0.2, 0.25) is 0 Å². The van der Waals surface area contributed by atoms with Gasteiger partial charge in [-0.1, -0.05) is 0 Å². The van der Waals surface area contributed by atoms with Crippen LogP contribution in [0.5, 0.6) is 0 Å². The minimum atomic E-state index is -0.380. The van der Waals surface area contributed by atoms with Crippen LogP contribution in [0, 0.1) is 0 Å². The molecule has 3 unspecified atom stereocenters. The Bertz CT molecular complexity index is 189. The van der Waals surface area contributed by atoms with Crippen LogP contribution in [0.4, 0.5) is 0 Å². The van der Waals surface area contributed by atoms with Gasteiger partial charge in [0.2, 0.25) is 0 Å². The lowest BCUT2D eigenvalue weighted by atomic mass is 10.1. The monoisotopic (exact) mass is 200 g/mol. The largest absolute Gasteiger partial charge is 0.390 e. The molecule has 1 aliphatic heterocycles. The van der Waals surface area contributed by atoms with Crippen molar-refractivity contribution < 1.29 is 9.84 Å². The van der Waals surface area contributed by atoms with Crippen LogP contribution in [-0.2, 0) is 4.74 Å². The van der Waals surface area contributed by atoms with Gasteiger partial charge in [0, 0.05) is 25.7 Å². The molecule has 4 heteroatoms. The van der Waals surface area contributed by atoms with E-state index in [2.05, 4.69) is 4.90 Å². The van der Waals surface area contributed by atoms with Crippen LogP contribution in [-0.4, -0.2) is 54.5 Å². The molecule has 0 aromatic rings. The minimum absolute atomic E-state index is 0.356. The first kappa shape index (κ1) is 10.4. The summed E-state index contributed by atoms with van der Waals surface area (Å²) < 4.78 is 5.69. The second-order valence-corrected chi connectivity index (χ2v) is 4.29. The van der Waals surface area contributed by atoms with Crippen molar-refractivity contribution in [3.05, 3.63) is 0 Å². The van der Waals surface area contributed by atoms with E-state index in [9.17, 15) is 5.11 Å². The zero-order valence-corrected chi connectivity index (χ0v) is 8.56. The number of hydrogen-bond acceptors (Lipinski definition) is 4. The molecule has 0 aromatic heterocycles. The molecule has 1 saturated heterocycles. The van der Waals surface area contributed by atoms with E-state index in [1.807, 2.05) is 0 Å². The third-order valence-corrected chi connectivity index (χ3v) is 3.31. The van der Waals surface area contributed by atoms with E-state index in [0.29, 0.717) is 25.2 Å². The van der Waals surface area contributed by atoms with Gasteiger partial charge in [-0.2, -0.15) is 0 Å². The van der Waals surface area contributed by atoms with E-state index in [1.54, 1.807) is 0 Å². The Morgan fingerprint density at radius 1 is 1.50 bits per heavy atom. The van der Waals surface area contributed by atoms with Crippen molar-refractivity contribution in [2.45, 2.75) is 37.5 Å². The van der Waals surface area contributed by atoms with Gasteiger partial charge in [0.1, 0.15) is 0 Å². The standard InChI is InChI=1S/C10H20N2O2/c11-6-8(13)7-12-4-5-14-10-3-1-2-9(10)12/h8-10,13H,1-7,11H2. The fourth-order valence-electron chi connectivity index (χ4n) is 2.58. The number of aliphatic hydroxyl groups excluding tert-OH is 1. The number of aliphatic hydroxyl groups is 1. The molecule has 3 atom stereocenters. The highest BCUT2D eigenvalue weighted by Crippen LogP contribution is 2.29. The van der Waals surface area contributed by atoms with E-state index < -0.39 is 0 Å². The van der Waals surface area contributed by atoms with Gasteiger partial charge in [-0.15, -0.1) is 0 Å². The third kappa shape index (κ3) is 2.08. The number of hydrogen-bond donors (Lipinski definition) is 2. The summed E-state index contributed by atoms with van der Waals surface area (Å²) in [4.78, 5) is 2.35. The lowest BCUT2D eigenvalue weighted by Crippen LogP contribution is -2.51. The first-order valence-corrected chi connectivity index (χ1v) is 5.55. The summed E-state index contributed by atoms with van der Waals surface area (Å²) in [6, 6.07) is 0.532. The second-order valence-electron chi connectivity index (χ2n) is 4.29. The fraction of sp³-hybridized carbons (Fsp3) is 1.00. The Hall–Kier alpha value is -0.160. The maximum Gasteiger partial charge on any atom is 0.0789 e. The Labute approximate surface area is 85.0 Å². The second kappa shape index (κ2) is 4.57. The lowest BCUT2D eigenvalue weighted by molar-refractivity contribution is -0.0663. The molecule has 0 radical (unpaired) electrons. The normalized spacial score (nSPS) is 35.6. The molecular weight excluding hydrogens is 180 g/mol. The molecule has 2 aliphatic rings. The maximum absolute atomic E-state index is 9.52. The Morgan fingerprint density at radius 2 is 2.36 bits per heavy atom. The fourth-order valence-corrected chi connectivity index (χ4v) is 2.58. The van der Waals surface area contributed by atoms with Crippen LogP contribution in [0.3, 0.4) is 0 Å². The van der Waals surface area contributed by atoms with Crippen LogP contribution in [0.15, 0.2) is 0 Å². The average molecular weight is 200 g/mol. The SMILES string of the molecule is NCC(O)CN1CCOC2CCCC21. The smallest absolute Gasteiger partial charge is 0.0789 e. The summed E-state index contributed by atoms with van der Waals surface area (Å²) >= 11 is 0. The van der Waals surface area contributed by atoms with Crippen molar-refractivity contribution in [3.63, 3.8) is 0 Å². The van der Waals surface area contributed by atoms with Crippen molar-refractivity contribution in [1.29, 1.82) is 0 Å². The van der Waals surface area contributed by atoms with Gasteiger partial charge < -0.3 is 15.6 Å². The Kier molecular flexibility index (Phi) is 3.38. The zero-order valence-electron chi connectivity index (χ0n) is 8.56. The van der Waals surface area contributed by atoms with Crippen molar-refractivity contribution in [1.82, 2.24) is 4.90 Å². The molecule has 2 rings (SSSR count). The first-order chi connectivity index (χ1) is 6.81. The minimum Gasteiger partial charge on any atom is -0.390 e. The van der Waals surface area contributed by atoms with Gasteiger partial charge >= 0.3 is 0 Å². The number of nitrogens with zero attached hydrogens (tertiary/aromatic N) is 1. The predicted octanol–water partition coefficient (Wildman–Crippen LogP) is -0.441. The summed E-state index contributed by atoms with van der Waals surface area (Å²) in [6.07, 6.45) is 3.68. The summed E-state index contributed by atoms with van der Waals surface area (Å²) in [5, 5.41) is 9.52. The van der Waals surface area contributed by atoms with Crippen LogP contribution in [0.25, 0.3) is 0 Å². The summed E-state index contributed by atoms with van der Waals surface area (Å²) in [5.74, 6) is 0. The summed E-state index contributed by atoms with van der Waals surface area (Å²) in [6.45, 7) is 2.81. The molecule has 14 heavy (non-hydrogen) atoms. The molecular formula is C10H20N2O2. The number of ether oxygens (including phenoxy) is 1. The average Bonchev–Trinajstić information content (AvgIpc) is 2.66. The zero-order chi connectivity index (χ0) is 9.97.